The molecule has 0 aromatic heterocycles. The van der Waals surface area contributed by atoms with Crippen molar-refractivity contribution in [2.45, 2.75) is 97.8 Å². The van der Waals surface area contributed by atoms with E-state index in [-0.39, 0.29) is 21.7 Å². The van der Waals surface area contributed by atoms with E-state index in [1.807, 2.05) is 0 Å². The molecule has 0 saturated carbocycles. The summed E-state index contributed by atoms with van der Waals surface area (Å²) < 4.78 is 0. The number of hydrogen-bond donors (Lipinski definition) is 0. The maximum absolute atomic E-state index is 2.48. The summed E-state index contributed by atoms with van der Waals surface area (Å²) in [6, 6.07) is 55.7. The largest absolute Gasteiger partial charge is 0.310 e. The number of hydrogen-bond acceptors (Lipinski definition) is 1. The molecule has 0 amide bonds. The molecule has 0 fully saturated rings. The lowest BCUT2D eigenvalue weighted by Crippen LogP contribution is -2.17. The number of aryl methyl sites for hydroxylation is 1. The smallest absolute Gasteiger partial charge is 0.0473 e. The van der Waals surface area contributed by atoms with E-state index in [1.54, 1.807) is 0 Å². The lowest BCUT2D eigenvalue weighted by atomic mass is 9.78. The molecule has 2 aliphatic rings. The number of nitrogens with zero attached hydrogens (tertiary/aromatic N) is 1. The Morgan fingerprint density at radius 1 is 0.362 bits per heavy atom. The first-order valence-corrected chi connectivity index (χ1v) is 21.1. The summed E-state index contributed by atoms with van der Waals surface area (Å²) in [6.07, 6.45) is 0. The Morgan fingerprint density at radius 3 is 1.31 bits per heavy atom. The molecule has 0 atom stereocenters. The van der Waals surface area contributed by atoms with Gasteiger partial charge in [0.05, 0.1) is 0 Å². The van der Waals surface area contributed by atoms with Crippen LogP contribution in [0.3, 0.4) is 0 Å². The third kappa shape index (κ3) is 6.22. The van der Waals surface area contributed by atoms with Crippen LogP contribution in [0.2, 0.25) is 0 Å². The van der Waals surface area contributed by atoms with E-state index in [0.717, 1.165) is 17.1 Å². The Labute approximate surface area is 347 Å². The Morgan fingerprint density at radius 2 is 0.793 bits per heavy atom. The average Bonchev–Trinajstić information content (AvgIpc) is 3.56. The zero-order chi connectivity index (χ0) is 40.9. The van der Waals surface area contributed by atoms with Gasteiger partial charge in [-0.2, -0.15) is 0 Å². The summed E-state index contributed by atoms with van der Waals surface area (Å²) in [6.45, 7) is 25.6. The first-order chi connectivity index (χ1) is 27.4. The number of rotatable bonds is 5. The molecule has 1 nitrogen and oxygen atoms in total. The molecule has 0 radical (unpaired) electrons. The normalized spacial score (nSPS) is 14.7. The van der Waals surface area contributed by atoms with Crippen LogP contribution in [0.4, 0.5) is 17.1 Å². The summed E-state index contributed by atoms with van der Waals surface area (Å²) in [4.78, 5) is 2.43. The zero-order valence-corrected chi connectivity index (χ0v) is 36.3. The molecule has 58 heavy (non-hydrogen) atoms. The van der Waals surface area contributed by atoms with Crippen LogP contribution < -0.4 is 4.90 Å². The molecular weight excluding hydrogens is 699 g/mol. The van der Waals surface area contributed by atoms with Crippen molar-refractivity contribution >= 4 is 17.1 Å². The van der Waals surface area contributed by atoms with Crippen LogP contribution in [0.1, 0.15) is 108 Å². The van der Waals surface area contributed by atoms with E-state index < -0.39 is 0 Å². The molecule has 7 aromatic carbocycles. The van der Waals surface area contributed by atoms with E-state index in [2.05, 4.69) is 227 Å². The molecule has 0 aliphatic heterocycles. The van der Waals surface area contributed by atoms with Crippen molar-refractivity contribution in [3.63, 3.8) is 0 Å². The Bertz CT molecular complexity index is 2730. The second-order valence-corrected chi connectivity index (χ2v) is 20.1. The summed E-state index contributed by atoms with van der Waals surface area (Å²) in [5, 5.41) is 0. The molecular formula is C57H57N. The molecule has 290 valence electrons. The average molecular weight is 756 g/mol. The summed E-state index contributed by atoms with van der Waals surface area (Å²) in [5.41, 5.74) is 23.3. The van der Waals surface area contributed by atoms with E-state index in [1.165, 1.54) is 83.5 Å². The standard InChI is InChI=1S/C57H57N/c1-36-17-25-46-47-26-18-37(33-51(47)56(8,9)50(46)29-36)39-30-40(38-19-27-48-49-28-22-42(55(5,6)7)35-53(49)57(10,11)52(48)34-38)32-45(31-39)58(43-15-13-12-14-16-43)44-23-20-41(21-24-44)54(2,3)4/h12-35H,1-11H3. The SMILES string of the molecule is Cc1ccc2c(c1)C(C)(C)c1cc(-c3cc(-c4ccc5c(c4)C(C)(C)c4cc(C(C)(C)C)ccc4-5)cc(N(c4ccccc4)c4ccc(C(C)(C)C)cc4)c3)ccc1-2. The lowest BCUT2D eigenvalue weighted by Gasteiger charge is -2.28. The lowest BCUT2D eigenvalue weighted by molar-refractivity contribution is 0.584. The fourth-order valence-electron chi connectivity index (χ4n) is 9.62. The van der Waals surface area contributed by atoms with Crippen LogP contribution in [0.15, 0.2) is 146 Å². The zero-order valence-electron chi connectivity index (χ0n) is 36.3. The number of para-hydroxylation sites is 1. The maximum Gasteiger partial charge on any atom is 0.0473 e. The quantitative estimate of drug-likeness (QED) is 0.169. The van der Waals surface area contributed by atoms with Crippen molar-refractivity contribution in [1.82, 2.24) is 0 Å². The number of benzene rings is 7. The molecule has 0 heterocycles. The van der Waals surface area contributed by atoms with Crippen LogP contribution >= 0.6 is 0 Å². The van der Waals surface area contributed by atoms with Gasteiger partial charge >= 0.3 is 0 Å². The highest BCUT2D eigenvalue weighted by Gasteiger charge is 2.38. The van der Waals surface area contributed by atoms with Gasteiger partial charge in [-0.3, -0.25) is 0 Å². The van der Waals surface area contributed by atoms with E-state index >= 15 is 0 Å². The predicted octanol–water partition coefficient (Wildman–Crippen LogP) is 16.0. The highest BCUT2D eigenvalue weighted by Crippen LogP contribution is 2.53. The topological polar surface area (TPSA) is 3.24 Å². The van der Waals surface area contributed by atoms with E-state index in [0.29, 0.717) is 0 Å². The van der Waals surface area contributed by atoms with Gasteiger partial charge in [0.15, 0.2) is 0 Å². The van der Waals surface area contributed by atoms with Gasteiger partial charge in [-0.1, -0.05) is 166 Å². The molecule has 0 saturated heterocycles. The second kappa shape index (κ2) is 13.2. The van der Waals surface area contributed by atoms with Gasteiger partial charge in [-0.05, 0) is 150 Å². The third-order valence-electron chi connectivity index (χ3n) is 13.2. The highest BCUT2D eigenvalue weighted by molar-refractivity contribution is 5.90. The highest BCUT2D eigenvalue weighted by atomic mass is 15.1. The fraction of sp³-hybridized carbons (Fsp3) is 0.263. The summed E-state index contributed by atoms with van der Waals surface area (Å²) in [7, 11) is 0. The van der Waals surface area contributed by atoms with Crippen molar-refractivity contribution in [1.29, 1.82) is 0 Å². The molecule has 9 rings (SSSR count). The monoisotopic (exact) mass is 755 g/mol. The summed E-state index contributed by atoms with van der Waals surface area (Å²) >= 11 is 0. The second-order valence-electron chi connectivity index (χ2n) is 20.1. The first kappa shape index (κ1) is 37.9. The molecule has 7 aromatic rings. The number of fused-ring (bicyclic) bond motifs is 6. The molecule has 0 spiro atoms. The van der Waals surface area contributed by atoms with Gasteiger partial charge in [0.1, 0.15) is 0 Å². The van der Waals surface area contributed by atoms with Gasteiger partial charge in [-0.25, -0.2) is 0 Å². The fourth-order valence-corrected chi connectivity index (χ4v) is 9.62. The van der Waals surface area contributed by atoms with E-state index in [9.17, 15) is 0 Å². The molecule has 1 heteroatoms. The minimum absolute atomic E-state index is 0.0677. The first-order valence-electron chi connectivity index (χ1n) is 21.1. The van der Waals surface area contributed by atoms with Crippen LogP contribution in [-0.4, -0.2) is 0 Å². The third-order valence-corrected chi connectivity index (χ3v) is 13.2. The van der Waals surface area contributed by atoms with Gasteiger partial charge in [-0.15, -0.1) is 0 Å². The Hall–Kier alpha value is -5.66. The van der Waals surface area contributed by atoms with Gasteiger partial charge in [0.2, 0.25) is 0 Å². The van der Waals surface area contributed by atoms with Crippen molar-refractivity contribution in [2.24, 2.45) is 0 Å². The van der Waals surface area contributed by atoms with Gasteiger partial charge < -0.3 is 4.90 Å². The van der Waals surface area contributed by atoms with E-state index in [4.69, 9.17) is 0 Å². The minimum Gasteiger partial charge on any atom is -0.310 e. The minimum atomic E-state index is -0.119. The molecule has 2 aliphatic carbocycles. The number of anilines is 3. The Kier molecular flexibility index (Phi) is 8.61. The van der Waals surface area contributed by atoms with Crippen molar-refractivity contribution in [3.05, 3.63) is 185 Å². The molecule has 0 unspecified atom stereocenters. The van der Waals surface area contributed by atoms with Gasteiger partial charge in [0, 0.05) is 27.9 Å². The van der Waals surface area contributed by atoms with Crippen LogP contribution in [0.5, 0.6) is 0 Å². The van der Waals surface area contributed by atoms with Crippen molar-refractivity contribution in [2.75, 3.05) is 4.90 Å². The molecule has 0 bridgehead atoms. The van der Waals surface area contributed by atoms with Crippen LogP contribution in [0.25, 0.3) is 44.5 Å². The summed E-state index contributed by atoms with van der Waals surface area (Å²) in [5.74, 6) is 0. The molecule has 0 N–H and O–H groups in total. The van der Waals surface area contributed by atoms with Crippen molar-refractivity contribution < 1.29 is 0 Å². The van der Waals surface area contributed by atoms with Gasteiger partial charge in [0.25, 0.3) is 0 Å². The van der Waals surface area contributed by atoms with Crippen LogP contribution in [-0.2, 0) is 21.7 Å². The van der Waals surface area contributed by atoms with Crippen molar-refractivity contribution in [3.8, 4) is 44.5 Å². The van der Waals surface area contributed by atoms with Crippen LogP contribution in [0, 0.1) is 6.92 Å². The maximum atomic E-state index is 2.48. The Balaban J connectivity index is 1.24. The predicted molar refractivity (Wildman–Crippen MR) is 249 cm³/mol.